The lowest BCUT2D eigenvalue weighted by Crippen LogP contribution is -2.35. The lowest BCUT2D eigenvalue weighted by Gasteiger charge is -2.27. The molecule has 1 aliphatic heterocycles. The number of fused-ring (bicyclic) bond motifs is 1. The molecule has 2 aliphatic rings. The van der Waals surface area contributed by atoms with E-state index in [4.69, 9.17) is 9.47 Å². The normalized spacial score (nSPS) is 16.0. The van der Waals surface area contributed by atoms with Crippen molar-refractivity contribution < 1.29 is 27.5 Å². The van der Waals surface area contributed by atoms with Crippen LogP contribution in [0.3, 0.4) is 0 Å². The lowest BCUT2D eigenvalue weighted by molar-refractivity contribution is 0.0526. The van der Waals surface area contributed by atoms with E-state index >= 15 is 0 Å². The van der Waals surface area contributed by atoms with E-state index < -0.39 is 16.0 Å². The van der Waals surface area contributed by atoms with Gasteiger partial charge in [0.05, 0.1) is 29.7 Å². The van der Waals surface area contributed by atoms with Gasteiger partial charge < -0.3 is 14.4 Å². The molecule has 1 fully saturated rings. The fourth-order valence-corrected chi connectivity index (χ4v) is 7.14. The summed E-state index contributed by atoms with van der Waals surface area (Å²) >= 11 is 1.29. The van der Waals surface area contributed by atoms with Gasteiger partial charge in [-0.1, -0.05) is 0 Å². The summed E-state index contributed by atoms with van der Waals surface area (Å²) < 4.78 is 39.9. The molecule has 1 amide bonds. The first-order valence-electron chi connectivity index (χ1n) is 11.7. The minimum Gasteiger partial charge on any atom is -0.496 e. The van der Waals surface area contributed by atoms with Crippen molar-refractivity contribution in [2.75, 3.05) is 31.5 Å². The minimum atomic E-state index is -4.07. The molecule has 1 aromatic heterocycles. The maximum atomic E-state index is 13.4. The van der Waals surface area contributed by atoms with Crippen molar-refractivity contribution in [2.45, 2.75) is 56.8 Å². The third kappa shape index (κ3) is 4.93. The number of ether oxygens (including phenoxy) is 2. The van der Waals surface area contributed by atoms with E-state index in [2.05, 4.69) is 4.72 Å². The van der Waals surface area contributed by atoms with Crippen LogP contribution in [0.5, 0.6) is 5.75 Å². The maximum Gasteiger partial charge on any atom is 0.341 e. The Bertz CT molecular complexity index is 1180. The van der Waals surface area contributed by atoms with E-state index in [0.29, 0.717) is 24.4 Å². The molecule has 34 heavy (non-hydrogen) atoms. The number of hydrogen-bond donors (Lipinski definition) is 1. The Morgan fingerprint density at radius 3 is 2.53 bits per heavy atom. The number of thiophene rings is 1. The zero-order valence-electron chi connectivity index (χ0n) is 19.5. The summed E-state index contributed by atoms with van der Waals surface area (Å²) in [4.78, 5) is 28.5. The van der Waals surface area contributed by atoms with Gasteiger partial charge in [0.1, 0.15) is 10.8 Å². The topological polar surface area (TPSA) is 102 Å². The van der Waals surface area contributed by atoms with E-state index in [0.717, 1.165) is 55.4 Å². The second-order valence-corrected chi connectivity index (χ2v) is 11.2. The van der Waals surface area contributed by atoms with Gasteiger partial charge in [-0.05, 0) is 75.6 Å². The second-order valence-electron chi connectivity index (χ2n) is 8.46. The summed E-state index contributed by atoms with van der Waals surface area (Å²) in [6.45, 7) is 3.20. The van der Waals surface area contributed by atoms with Crippen molar-refractivity contribution in [3.8, 4) is 5.75 Å². The van der Waals surface area contributed by atoms with Crippen LogP contribution >= 0.6 is 11.3 Å². The lowest BCUT2D eigenvalue weighted by atomic mass is 9.95. The number of carbonyl (C=O) groups excluding carboxylic acids is 2. The predicted octanol–water partition coefficient (Wildman–Crippen LogP) is 4.24. The Kier molecular flexibility index (Phi) is 7.47. The van der Waals surface area contributed by atoms with Gasteiger partial charge in [0.25, 0.3) is 15.9 Å². The number of esters is 1. The number of likely N-dealkylation sites (tertiary alicyclic amines) is 1. The van der Waals surface area contributed by atoms with E-state index in [1.54, 1.807) is 11.8 Å². The van der Waals surface area contributed by atoms with Crippen molar-refractivity contribution >= 4 is 38.2 Å². The zero-order chi connectivity index (χ0) is 24.3. The SMILES string of the molecule is CCOC(=O)c1c(NS(=O)(=O)c2ccc(OC)c(C(=O)N3CCCCC3)c2)sc2c1CCCC2. The van der Waals surface area contributed by atoms with Gasteiger partial charge in [-0.25, -0.2) is 13.2 Å². The highest BCUT2D eigenvalue weighted by Gasteiger charge is 2.30. The Labute approximate surface area is 204 Å². The number of carbonyl (C=O) groups is 2. The van der Waals surface area contributed by atoms with Crippen molar-refractivity contribution in [1.82, 2.24) is 4.90 Å². The number of benzene rings is 1. The number of sulfonamides is 1. The molecule has 0 radical (unpaired) electrons. The van der Waals surface area contributed by atoms with Crippen molar-refractivity contribution in [3.05, 3.63) is 39.8 Å². The van der Waals surface area contributed by atoms with Crippen LogP contribution in [0.2, 0.25) is 0 Å². The first-order chi connectivity index (χ1) is 16.4. The molecule has 2 aromatic rings. The van der Waals surface area contributed by atoms with Gasteiger partial charge in [0.15, 0.2) is 0 Å². The smallest absolute Gasteiger partial charge is 0.341 e. The largest absolute Gasteiger partial charge is 0.496 e. The molecule has 10 heteroatoms. The van der Waals surface area contributed by atoms with Crippen LogP contribution in [0.4, 0.5) is 5.00 Å². The molecule has 0 unspecified atom stereocenters. The first-order valence-corrected chi connectivity index (χ1v) is 14.0. The van der Waals surface area contributed by atoms with Crippen molar-refractivity contribution in [3.63, 3.8) is 0 Å². The van der Waals surface area contributed by atoms with Crippen LogP contribution in [0.1, 0.15) is 70.2 Å². The van der Waals surface area contributed by atoms with Crippen LogP contribution < -0.4 is 9.46 Å². The molecule has 8 nitrogen and oxygen atoms in total. The number of rotatable bonds is 7. The van der Waals surface area contributed by atoms with Gasteiger partial charge in [0.2, 0.25) is 0 Å². The maximum absolute atomic E-state index is 13.4. The number of nitrogens with one attached hydrogen (secondary N) is 1. The van der Waals surface area contributed by atoms with E-state index in [1.807, 2.05) is 0 Å². The fourth-order valence-electron chi connectivity index (χ4n) is 4.53. The molecule has 2 heterocycles. The molecular formula is C24H30N2O6S2. The number of nitrogens with zero attached hydrogens (tertiary/aromatic N) is 1. The predicted molar refractivity (Wildman–Crippen MR) is 130 cm³/mol. The zero-order valence-corrected chi connectivity index (χ0v) is 21.1. The summed E-state index contributed by atoms with van der Waals surface area (Å²) in [5.74, 6) is -0.434. The van der Waals surface area contributed by atoms with Gasteiger partial charge in [-0.15, -0.1) is 11.3 Å². The number of amides is 1. The third-order valence-electron chi connectivity index (χ3n) is 6.23. The Hall–Kier alpha value is -2.59. The molecule has 1 saturated heterocycles. The van der Waals surface area contributed by atoms with E-state index in [1.165, 1.54) is 36.6 Å². The number of aryl methyl sites for hydroxylation is 1. The van der Waals surface area contributed by atoms with E-state index in [-0.39, 0.29) is 28.0 Å². The van der Waals surface area contributed by atoms with Gasteiger partial charge in [-0.2, -0.15) is 0 Å². The number of anilines is 1. The molecule has 0 spiro atoms. The fraction of sp³-hybridized carbons (Fsp3) is 0.500. The van der Waals surface area contributed by atoms with E-state index in [9.17, 15) is 18.0 Å². The van der Waals surface area contributed by atoms with Gasteiger partial charge >= 0.3 is 5.97 Å². The van der Waals surface area contributed by atoms with Gasteiger partial charge in [-0.3, -0.25) is 9.52 Å². The first kappa shape index (κ1) is 24.5. The molecule has 0 bridgehead atoms. The highest BCUT2D eigenvalue weighted by Crippen LogP contribution is 2.40. The second kappa shape index (κ2) is 10.4. The molecular weight excluding hydrogens is 476 g/mol. The monoisotopic (exact) mass is 506 g/mol. The average Bonchev–Trinajstić information content (AvgIpc) is 3.21. The van der Waals surface area contributed by atoms with Crippen LogP contribution in [0.15, 0.2) is 23.1 Å². The Morgan fingerprint density at radius 1 is 1.09 bits per heavy atom. The number of methoxy groups -OCH3 is 1. The van der Waals surface area contributed by atoms with Crippen LogP contribution in [-0.2, 0) is 27.6 Å². The number of piperidine rings is 1. The molecule has 0 atom stereocenters. The number of hydrogen-bond acceptors (Lipinski definition) is 7. The summed E-state index contributed by atoms with van der Waals surface area (Å²) in [7, 11) is -2.61. The Balaban J connectivity index is 1.68. The molecule has 4 rings (SSSR count). The average molecular weight is 507 g/mol. The van der Waals surface area contributed by atoms with Gasteiger partial charge in [0, 0.05) is 18.0 Å². The highest BCUT2D eigenvalue weighted by molar-refractivity contribution is 7.93. The molecule has 1 N–H and O–H groups in total. The molecule has 1 aromatic carbocycles. The van der Waals surface area contributed by atoms with Crippen LogP contribution in [0.25, 0.3) is 0 Å². The molecule has 1 aliphatic carbocycles. The summed E-state index contributed by atoms with van der Waals surface area (Å²) in [6.07, 6.45) is 6.41. The minimum absolute atomic E-state index is 0.0603. The summed E-state index contributed by atoms with van der Waals surface area (Å²) in [5.41, 5.74) is 1.40. The van der Waals surface area contributed by atoms with Crippen molar-refractivity contribution in [1.29, 1.82) is 0 Å². The molecule has 0 saturated carbocycles. The quantitative estimate of drug-likeness (QED) is 0.564. The highest BCUT2D eigenvalue weighted by atomic mass is 32.2. The van der Waals surface area contributed by atoms with Crippen molar-refractivity contribution in [2.24, 2.45) is 0 Å². The summed E-state index contributed by atoms with van der Waals surface area (Å²) in [6, 6.07) is 4.26. The van der Waals surface area contributed by atoms with Crippen LogP contribution in [-0.4, -0.2) is 52.0 Å². The standard InChI is InChI=1S/C24H30N2O6S2/c1-3-32-24(28)21-17-9-5-6-10-20(17)33-22(21)25-34(29,30)16-11-12-19(31-2)18(15-16)23(27)26-13-7-4-8-14-26/h11-12,15,25H,3-10,13-14H2,1-2H3. The molecule has 184 valence electrons. The Morgan fingerprint density at radius 2 is 1.82 bits per heavy atom. The van der Waals surface area contributed by atoms with Crippen LogP contribution in [0, 0.1) is 0 Å². The summed E-state index contributed by atoms with van der Waals surface area (Å²) in [5, 5.41) is 0.269. The third-order valence-corrected chi connectivity index (χ3v) is 8.92.